The van der Waals surface area contributed by atoms with Gasteiger partial charge in [-0.05, 0) is 29.8 Å². The van der Waals surface area contributed by atoms with Gasteiger partial charge in [0, 0.05) is 0 Å². The summed E-state index contributed by atoms with van der Waals surface area (Å²) >= 11 is 0. The summed E-state index contributed by atoms with van der Waals surface area (Å²) in [6.45, 7) is 0.0117. The SMILES string of the molecule is COc1ccccc1NC(=O)Cn1c(C(O)c2ccccc2)nc2ccccc21. The quantitative estimate of drug-likeness (QED) is 0.528. The number of para-hydroxylation sites is 4. The summed E-state index contributed by atoms with van der Waals surface area (Å²) in [4.78, 5) is 17.4. The largest absolute Gasteiger partial charge is 0.495 e. The van der Waals surface area contributed by atoms with E-state index in [1.165, 1.54) is 0 Å². The number of aromatic nitrogens is 2. The minimum atomic E-state index is -0.942. The summed E-state index contributed by atoms with van der Waals surface area (Å²) in [5, 5.41) is 13.8. The van der Waals surface area contributed by atoms with Crippen molar-refractivity contribution in [3.05, 3.63) is 90.3 Å². The van der Waals surface area contributed by atoms with E-state index in [-0.39, 0.29) is 12.5 Å². The molecule has 29 heavy (non-hydrogen) atoms. The summed E-state index contributed by atoms with van der Waals surface area (Å²) < 4.78 is 7.05. The van der Waals surface area contributed by atoms with Gasteiger partial charge in [0.25, 0.3) is 0 Å². The molecule has 1 heterocycles. The number of methoxy groups -OCH3 is 1. The Morgan fingerprint density at radius 3 is 2.52 bits per heavy atom. The Balaban J connectivity index is 1.68. The first-order valence-corrected chi connectivity index (χ1v) is 9.28. The van der Waals surface area contributed by atoms with E-state index in [0.29, 0.717) is 22.8 Å². The van der Waals surface area contributed by atoms with E-state index in [1.54, 1.807) is 23.8 Å². The number of aliphatic hydroxyl groups is 1. The number of carbonyl (C=O) groups excluding carboxylic acids is 1. The van der Waals surface area contributed by atoms with E-state index >= 15 is 0 Å². The van der Waals surface area contributed by atoms with Crippen LogP contribution < -0.4 is 10.1 Å². The molecule has 3 aromatic carbocycles. The zero-order valence-electron chi connectivity index (χ0n) is 15.9. The summed E-state index contributed by atoms with van der Waals surface area (Å²) in [6.07, 6.45) is -0.942. The van der Waals surface area contributed by atoms with Gasteiger partial charge in [-0.3, -0.25) is 4.79 Å². The number of hydrogen-bond donors (Lipinski definition) is 2. The number of nitrogens with one attached hydrogen (secondary N) is 1. The molecule has 0 spiro atoms. The van der Waals surface area contributed by atoms with Crippen molar-refractivity contribution in [1.82, 2.24) is 9.55 Å². The average Bonchev–Trinajstić information content (AvgIpc) is 3.12. The molecule has 6 heteroatoms. The highest BCUT2D eigenvalue weighted by molar-refractivity contribution is 5.93. The van der Waals surface area contributed by atoms with Gasteiger partial charge in [0.15, 0.2) is 0 Å². The van der Waals surface area contributed by atoms with Crippen LogP contribution >= 0.6 is 0 Å². The number of nitrogens with zero attached hydrogens (tertiary/aromatic N) is 2. The van der Waals surface area contributed by atoms with E-state index in [9.17, 15) is 9.90 Å². The number of anilines is 1. The molecule has 0 bridgehead atoms. The lowest BCUT2D eigenvalue weighted by Crippen LogP contribution is -2.21. The van der Waals surface area contributed by atoms with Crippen LogP contribution in [0.25, 0.3) is 11.0 Å². The van der Waals surface area contributed by atoms with Crippen LogP contribution in [0.4, 0.5) is 5.69 Å². The Morgan fingerprint density at radius 1 is 1.03 bits per heavy atom. The number of imidazole rings is 1. The Bertz CT molecular complexity index is 1140. The zero-order valence-corrected chi connectivity index (χ0v) is 15.9. The van der Waals surface area contributed by atoms with Crippen molar-refractivity contribution in [1.29, 1.82) is 0 Å². The fraction of sp³-hybridized carbons (Fsp3) is 0.130. The van der Waals surface area contributed by atoms with Crippen molar-refractivity contribution >= 4 is 22.6 Å². The predicted molar refractivity (Wildman–Crippen MR) is 112 cm³/mol. The third-order valence-corrected chi connectivity index (χ3v) is 4.73. The summed E-state index contributed by atoms with van der Waals surface area (Å²) in [6, 6.07) is 24.0. The molecule has 0 fully saturated rings. The standard InChI is InChI=1S/C23H21N3O3/c1-29-20-14-8-6-12-18(20)24-21(27)15-26-19-13-7-5-11-17(19)25-23(26)22(28)16-9-3-2-4-10-16/h2-14,22,28H,15H2,1H3,(H,24,27). The molecule has 0 radical (unpaired) electrons. The molecule has 4 rings (SSSR count). The number of fused-ring (bicyclic) bond motifs is 1. The lowest BCUT2D eigenvalue weighted by molar-refractivity contribution is -0.116. The van der Waals surface area contributed by atoms with Crippen LogP contribution in [0.2, 0.25) is 0 Å². The maximum absolute atomic E-state index is 12.8. The lowest BCUT2D eigenvalue weighted by atomic mass is 10.1. The number of hydrogen-bond acceptors (Lipinski definition) is 4. The van der Waals surface area contributed by atoms with E-state index < -0.39 is 6.10 Å². The monoisotopic (exact) mass is 387 g/mol. The highest BCUT2D eigenvalue weighted by Gasteiger charge is 2.21. The number of aliphatic hydroxyl groups excluding tert-OH is 1. The van der Waals surface area contributed by atoms with Gasteiger partial charge in [-0.2, -0.15) is 0 Å². The second-order valence-corrected chi connectivity index (χ2v) is 6.61. The fourth-order valence-corrected chi connectivity index (χ4v) is 3.33. The second-order valence-electron chi connectivity index (χ2n) is 6.61. The van der Waals surface area contributed by atoms with E-state index in [1.807, 2.05) is 66.7 Å². The van der Waals surface area contributed by atoms with Crippen LogP contribution in [0, 0.1) is 0 Å². The smallest absolute Gasteiger partial charge is 0.244 e. The molecule has 0 aliphatic heterocycles. The molecule has 1 aromatic heterocycles. The van der Waals surface area contributed by atoms with Crippen LogP contribution in [-0.4, -0.2) is 27.7 Å². The van der Waals surface area contributed by atoms with Gasteiger partial charge in [-0.25, -0.2) is 4.98 Å². The first kappa shape index (κ1) is 18.7. The molecule has 0 aliphatic rings. The number of rotatable bonds is 6. The second kappa shape index (κ2) is 8.16. The summed E-state index contributed by atoms with van der Waals surface area (Å²) in [5.41, 5.74) is 2.82. The molecular formula is C23H21N3O3. The van der Waals surface area contributed by atoms with E-state index in [2.05, 4.69) is 10.3 Å². The lowest BCUT2D eigenvalue weighted by Gasteiger charge is -2.15. The highest BCUT2D eigenvalue weighted by Crippen LogP contribution is 2.27. The van der Waals surface area contributed by atoms with Gasteiger partial charge in [-0.15, -0.1) is 0 Å². The molecule has 0 aliphatic carbocycles. The average molecular weight is 387 g/mol. The fourth-order valence-electron chi connectivity index (χ4n) is 3.33. The van der Waals surface area contributed by atoms with E-state index in [0.717, 1.165) is 11.0 Å². The normalized spacial score (nSPS) is 11.9. The molecule has 0 saturated heterocycles. The topological polar surface area (TPSA) is 76.4 Å². The van der Waals surface area contributed by atoms with Crippen LogP contribution in [0.1, 0.15) is 17.5 Å². The first-order chi connectivity index (χ1) is 14.2. The zero-order chi connectivity index (χ0) is 20.2. The van der Waals surface area contributed by atoms with Crippen molar-refractivity contribution in [3.63, 3.8) is 0 Å². The Labute approximate surface area is 168 Å². The number of carbonyl (C=O) groups is 1. The van der Waals surface area contributed by atoms with Gasteiger partial charge in [0.1, 0.15) is 24.2 Å². The minimum absolute atomic E-state index is 0.0117. The molecule has 4 aromatic rings. The molecule has 0 saturated carbocycles. The highest BCUT2D eigenvalue weighted by atomic mass is 16.5. The molecule has 2 N–H and O–H groups in total. The molecular weight excluding hydrogens is 366 g/mol. The molecule has 1 unspecified atom stereocenters. The minimum Gasteiger partial charge on any atom is -0.495 e. The Morgan fingerprint density at radius 2 is 1.72 bits per heavy atom. The molecule has 1 atom stereocenters. The van der Waals surface area contributed by atoms with Gasteiger partial charge in [0.2, 0.25) is 5.91 Å². The van der Waals surface area contributed by atoms with E-state index in [4.69, 9.17) is 4.74 Å². The van der Waals surface area contributed by atoms with Crippen molar-refractivity contribution in [2.45, 2.75) is 12.6 Å². The molecule has 146 valence electrons. The van der Waals surface area contributed by atoms with Crippen molar-refractivity contribution in [2.75, 3.05) is 12.4 Å². The van der Waals surface area contributed by atoms with Gasteiger partial charge in [0.05, 0.1) is 23.8 Å². The first-order valence-electron chi connectivity index (χ1n) is 9.28. The van der Waals surface area contributed by atoms with Crippen LogP contribution in [0.3, 0.4) is 0 Å². The molecule has 6 nitrogen and oxygen atoms in total. The molecule has 1 amide bonds. The predicted octanol–water partition coefficient (Wildman–Crippen LogP) is 3.77. The summed E-state index contributed by atoms with van der Waals surface area (Å²) in [5.74, 6) is 0.771. The van der Waals surface area contributed by atoms with Crippen molar-refractivity contribution in [2.24, 2.45) is 0 Å². The maximum Gasteiger partial charge on any atom is 0.244 e. The van der Waals surface area contributed by atoms with Crippen molar-refractivity contribution < 1.29 is 14.6 Å². The third-order valence-electron chi connectivity index (χ3n) is 4.73. The van der Waals surface area contributed by atoms with Crippen LogP contribution in [0.5, 0.6) is 5.75 Å². The number of amides is 1. The van der Waals surface area contributed by atoms with Crippen molar-refractivity contribution in [3.8, 4) is 5.75 Å². The Kier molecular flexibility index (Phi) is 5.27. The third kappa shape index (κ3) is 3.83. The number of ether oxygens (including phenoxy) is 1. The van der Waals surface area contributed by atoms with Crippen LogP contribution in [0.15, 0.2) is 78.9 Å². The van der Waals surface area contributed by atoms with Gasteiger partial charge in [-0.1, -0.05) is 54.6 Å². The van der Waals surface area contributed by atoms with Gasteiger partial charge < -0.3 is 19.7 Å². The number of benzene rings is 3. The maximum atomic E-state index is 12.8. The summed E-state index contributed by atoms with van der Waals surface area (Å²) in [7, 11) is 1.56. The van der Waals surface area contributed by atoms with Gasteiger partial charge >= 0.3 is 0 Å². The Hall–Kier alpha value is -3.64. The van der Waals surface area contributed by atoms with Crippen LogP contribution in [-0.2, 0) is 11.3 Å².